The van der Waals surface area contributed by atoms with Crippen LogP contribution in [0.2, 0.25) is 0 Å². The van der Waals surface area contributed by atoms with E-state index in [-0.39, 0.29) is 0 Å². The van der Waals surface area contributed by atoms with Gasteiger partial charge >= 0.3 is 0 Å². The minimum atomic E-state index is -0.716. The molecule has 2 N–H and O–H groups in total. The summed E-state index contributed by atoms with van der Waals surface area (Å²) in [6.45, 7) is 1.68. The van der Waals surface area contributed by atoms with Gasteiger partial charge in [-0.2, -0.15) is 5.26 Å². The predicted octanol–water partition coefficient (Wildman–Crippen LogP) is 1.13. The maximum atomic E-state index is 10.5. The Labute approximate surface area is 101 Å². The molecule has 0 saturated carbocycles. The smallest absolute Gasteiger partial charge is 0.152 e. The molecule has 1 aromatic rings. The number of hydrogen-bond donors (Lipinski definition) is 2. The van der Waals surface area contributed by atoms with Crippen LogP contribution in [0, 0.1) is 23.2 Å². The summed E-state index contributed by atoms with van der Waals surface area (Å²) in [6.07, 6.45) is 1.46. The van der Waals surface area contributed by atoms with Gasteiger partial charge in [-0.1, -0.05) is 18.1 Å². The molecule has 1 aliphatic rings. The molecule has 3 nitrogen and oxygen atoms in total. The Morgan fingerprint density at radius 3 is 2.41 bits per heavy atom. The van der Waals surface area contributed by atoms with Crippen molar-refractivity contribution in [3.8, 4) is 17.9 Å². The highest BCUT2D eigenvalue weighted by molar-refractivity contribution is 5.40. The Morgan fingerprint density at radius 2 is 1.82 bits per heavy atom. The van der Waals surface area contributed by atoms with E-state index in [4.69, 9.17) is 5.26 Å². The second kappa shape index (κ2) is 5.01. The molecule has 0 bridgehead atoms. The van der Waals surface area contributed by atoms with Gasteiger partial charge < -0.3 is 10.4 Å². The molecule has 0 aromatic heterocycles. The minimum absolute atomic E-state index is 0.716. The molecule has 0 spiro atoms. The van der Waals surface area contributed by atoms with E-state index in [9.17, 15) is 5.11 Å². The first-order valence-electron chi connectivity index (χ1n) is 5.68. The predicted molar refractivity (Wildman–Crippen MR) is 64.9 cm³/mol. The topological polar surface area (TPSA) is 56.0 Å². The van der Waals surface area contributed by atoms with Crippen molar-refractivity contribution in [1.82, 2.24) is 5.32 Å². The van der Waals surface area contributed by atoms with Crippen molar-refractivity contribution in [2.75, 3.05) is 13.1 Å². The van der Waals surface area contributed by atoms with Gasteiger partial charge in [-0.3, -0.25) is 0 Å². The summed E-state index contributed by atoms with van der Waals surface area (Å²) in [6, 6.07) is 9.27. The van der Waals surface area contributed by atoms with E-state index in [1.807, 2.05) is 24.3 Å². The largest absolute Gasteiger partial charge is 0.385 e. The van der Waals surface area contributed by atoms with E-state index in [0.29, 0.717) is 0 Å². The lowest BCUT2D eigenvalue weighted by Gasteiger charge is -2.33. The second-order valence-electron chi connectivity index (χ2n) is 4.22. The van der Waals surface area contributed by atoms with Crippen molar-refractivity contribution < 1.29 is 5.11 Å². The Bertz CT molecular complexity index is 482. The van der Waals surface area contributed by atoms with Gasteiger partial charge in [0.1, 0.15) is 0 Å². The van der Waals surface area contributed by atoms with E-state index in [2.05, 4.69) is 17.2 Å². The number of rotatable bonds is 1. The summed E-state index contributed by atoms with van der Waals surface area (Å²) in [7, 11) is 0. The van der Waals surface area contributed by atoms with Crippen molar-refractivity contribution >= 4 is 0 Å². The lowest BCUT2D eigenvalue weighted by atomic mass is 9.85. The normalized spacial score (nSPS) is 17.6. The monoisotopic (exact) mass is 226 g/mol. The van der Waals surface area contributed by atoms with E-state index in [1.165, 1.54) is 0 Å². The lowest BCUT2D eigenvalue weighted by Crippen LogP contribution is -2.39. The van der Waals surface area contributed by atoms with E-state index in [0.717, 1.165) is 37.1 Å². The molecule has 1 aromatic carbocycles. The number of benzene rings is 1. The molecule has 17 heavy (non-hydrogen) atoms. The highest BCUT2D eigenvalue weighted by atomic mass is 16.3. The fraction of sp³-hybridized carbons (Fsp3) is 0.357. The second-order valence-corrected chi connectivity index (χ2v) is 4.22. The Kier molecular flexibility index (Phi) is 3.44. The molecule has 1 heterocycles. The quantitative estimate of drug-likeness (QED) is 0.706. The number of nitrogens with one attached hydrogen (secondary N) is 1. The summed E-state index contributed by atoms with van der Waals surface area (Å²) in [5, 5.41) is 22.1. The fourth-order valence-electron chi connectivity index (χ4n) is 2.09. The van der Waals surface area contributed by atoms with Crippen LogP contribution in [0.25, 0.3) is 0 Å². The molecule has 0 aliphatic carbocycles. The zero-order valence-electron chi connectivity index (χ0n) is 9.53. The van der Waals surface area contributed by atoms with Crippen molar-refractivity contribution in [2.45, 2.75) is 18.4 Å². The summed E-state index contributed by atoms with van der Waals surface area (Å²) >= 11 is 0. The van der Waals surface area contributed by atoms with Crippen LogP contribution in [-0.2, 0) is 5.60 Å². The number of piperidine rings is 1. The average Bonchev–Trinajstić information content (AvgIpc) is 2.38. The Balaban J connectivity index is 2.20. The molecule has 3 heteroatoms. The van der Waals surface area contributed by atoms with Crippen molar-refractivity contribution in [1.29, 1.82) is 5.26 Å². The molecule has 0 radical (unpaired) electrons. The first kappa shape index (κ1) is 11.7. The van der Waals surface area contributed by atoms with Gasteiger partial charge in [0.15, 0.2) is 6.07 Å². The van der Waals surface area contributed by atoms with Gasteiger partial charge in [0.2, 0.25) is 0 Å². The summed E-state index contributed by atoms with van der Waals surface area (Å²) in [5.41, 5.74) is 1.02. The van der Waals surface area contributed by atoms with Crippen molar-refractivity contribution in [2.24, 2.45) is 0 Å². The number of nitriles is 1. The molecule has 86 valence electrons. The number of hydrogen-bond acceptors (Lipinski definition) is 3. The van der Waals surface area contributed by atoms with Crippen LogP contribution in [0.15, 0.2) is 24.3 Å². The van der Waals surface area contributed by atoms with E-state index < -0.39 is 5.60 Å². The van der Waals surface area contributed by atoms with E-state index in [1.54, 1.807) is 6.07 Å². The maximum absolute atomic E-state index is 10.5. The lowest BCUT2D eigenvalue weighted by molar-refractivity contribution is 0.00594. The third-order valence-electron chi connectivity index (χ3n) is 3.12. The fourth-order valence-corrected chi connectivity index (χ4v) is 2.09. The van der Waals surface area contributed by atoms with Crippen LogP contribution in [-0.4, -0.2) is 18.2 Å². The van der Waals surface area contributed by atoms with Crippen LogP contribution >= 0.6 is 0 Å². The highest BCUT2D eigenvalue weighted by Crippen LogP contribution is 2.30. The van der Waals surface area contributed by atoms with Crippen molar-refractivity contribution in [3.63, 3.8) is 0 Å². The summed E-state index contributed by atoms with van der Waals surface area (Å²) in [4.78, 5) is 0. The first-order chi connectivity index (χ1) is 8.24. The Hall–Kier alpha value is -1.81. The van der Waals surface area contributed by atoms with Crippen molar-refractivity contribution in [3.05, 3.63) is 35.4 Å². The SMILES string of the molecule is N#CC#Cc1ccc(C2(O)CCNCC2)cc1. The molecule has 2 rings (SSSR count). The van der Waals surface area contributed by atoms with Gasteiger partial charge in [0, 0.05) is 11.5 Å². The molecule has 0 unspecified atom stereocenters. The average molecular weight is 226 g/mol. The van der Waals surface area contributed by atoms with Gasteiger partial charge in [-0.15, -0.1) is 0 Å². The van der Waals surface area contributed by atoms with Crippen LogP contribution in [0.3, 0.4) is 0 Å². The van der Waals surface area contributed by atoms with Crippen LogP contribution in [0.4, 0.5) is 0 Å². The van der Waals surface area contributed by atoms with Crippen LogP contribution in [0.1, 0.15) is 24.0 Å². The Morgan fingerprint density at radius 1 is 1.18 bits per heavy atom. The third-order valence-corrected chi connectivity index (χ3v) is 3.12. The zero-order valence-corrected chi connectivity index (χ0v) is 9.53. The standard InChI is InChI=1S/C14H14N2O/c15-9-1-2-12-3-5-13(6-4-12)14(17)7-10-16-11-8-14/h3-6,16-17H,7-8,10-11H2. The van der Waals surface area contributed by atoms with Gasteiger partial charge in [-0.05, 0) is 43.6 Å². The van der Waals surface area contributed by atoms with E-state index >= 15 is 0 Å². The van der Waals surface area contributed by atoms with Gasteiger partial charge in [0.05, 0.1) is 5.60 Å². The van der Waals surface area contributed by atoms with Crippen LogP contribution in [0.5, 0.6) is 0 Å². The van der Waals surface area contributed by atoms with Gasteiger partial charge in [0.25, 0.3) is 0 Å². The molecule has 1 aliphatic heterocycles. The van der Waals surface area contributed by atoms with Gasteiger partial charge in [-0.25, -0.2) is 0 Å². The zero-order chi connectivity index (χ0) is 12.1. The van der Waals surface area contributed by atoms with Crippen LogP contribution < -0.4 is 5.32 Å². The molecule has 1 fully saturated rings. The molecule has 0 amide bonds. The molecule has 1 saturated heterocycles. The number of aliphatic hydroxyl groups is 1. The minimum Gasteiger partial charge on any atom is -0.385 e. The first-order valence-corrected chi connectivity index (χ1v) is 5.68. The highest BCUT2D eigenvalue weighted by Gasteiger charge is 2.30. The summed E-state index contributed by atoms with van der Waals surface area (Å²) < 4.78 is 0. The summed E-state index contributed by atoms with van der Waals surface area (Å²) in [5.74, 6) is 5.09. The molecule has 0 atom stereocenters. The third kappa shape index (κ3) is 2.65. The molecular formula is C14H14N2O. The molecular weight excluding hydrogens is 212 g/mol. The maximum Gasteiger partial charge on any atom is 0.152 e. The number of nitrogens with zero attached hydrogens (tertiary/aromatic N) is 1.